The van der Waals surface area contributed by atoms with Crippen LogP contribution in [0.3, 0.4) is 0 Å². The summed E-state index contributed by atoms with van der Waals surface area (Å²) >= 11 is 0. The maximum Gasteiger partial charge on any atom is 0.203 e. The smallest absolute Gasteiger partial charge is 0.203 e. The first-order valence-corrected chi connectivity index (χ1v) is 47.4. The number of allylic oxidation sites excluding steroid dienone is 12. The van der Waals surface area contributed by atoms with Crippen LogP contribution in [0.25, 0.3) is 22.3 Å². The Bertz CT molecular complexity index is 3570. The monoisotopic (exact) mass is 1650 g/mol. The minimum Gasteiger partial charge on any atom is -0.490 e. The zero-order valence-electron chi connectivity index (χ0n) is 75.9. The molecule has 0 radical (unpaired) electrons. The molecule has 120 heavy (non-hydrogen) atoms. The Hall–Kier alpha value is -8.92. The predicted octanol–water partition coefficient (Wildman–Crippen LogP) is 28.5. The molecule has 5 aliphatic heterocycles. The third kappa shape index (κ3) is 28.6. The highest BCUT2D eigenvalue weighted by Crippen LogP contribution is 2.50. The number of nitrogens with zero attached hydrogens (tertiary/aromatic N) is 4. The van der Waals surface area contributed by atoms with Gasteiger partial charge in [0.15, 0.2) is 46.0 Å². The Morgan fingerprint density at radius 2 is 0.300 bits per heavy atom. The Morgan fingerprint density at radius 1 is 0.167 bits per heavy atom. The second-order valence-corrected chi connectivity index (χ2v) is 32.2. The van der Waals surface area contributed by atoms with Crippen LogP contribution in [0.15, 0.2) is 140 Å². The van der Waals surface area contributed by atoms with Gasteiger partial charge in [-0.25, -0.2) is 20.0 Å². The Balaban J connectivity index is 1.46. The number of ether oxygens (including phenoxy) is 12. The molecule has 0 unspecified atom stereocenters. The van der Waals surface area contributed by atoms with Crippen molar-refractivity contribution in [2.75, 3.05) is 79.3 Å². The van der Waals surface area contributed by atoms with Crippen LogP contribution in [-0.2, 0) is 0 Å². The number of aliphatic imine (C=N–C) groups is 4. The first kappa shape index (κ1) is 94.9. The molecule has 0 atom stereocenters. The molecule has 16 heteroatoms. The SMILES string of the molecule is CCCCCOc1cc(C2=C3C=CC(=N3)C(c3cc(OCCCCC)c(OCCCCC)c(OCCCCC)c3)=C3C=CC(=N3)C(c3cc(OCCCCC)c(OCCCCC)c(OCCCCC)c3)=C3C=CC(=N3)C(c3cc(OCCCCC)c(OCCCCC)c(OCCCCC)c3)=C3C=CC2=N3)cc(OCCCCC)c1OCCCCC. The fraction of sp³-hybridized carbons (Fsp3) is 0.577. The van der Waals surface area contributed by atoms with Crippen molar-refractivity contribution in [2.45, 2.75) is 314 Å². The highest BCUT2D eigenvalue weighted by atomic mass is 16.6. The minimum atomic E-state index is 0.499. The van der Waals surface area contributed by atoms with Gasteiger partial charge in [-0.1, -0.05) is 237 Å². The molecule has 0 saturated heterocycles. The highest BCUT2D eigenvalue weighted by molar-refractivity contribution is 6.40. The predicted molar refractivity (Wildman–Crippen MR) is 500 cm³/mol. The van der Waals surface area contributed by atoms with Crippen LogP contribution in [-0.4, -0.2) is 102 Å². The zero-order valence-corrected chi connectivity index (χ0v) is 75.9. The van der Waals surface area contributed by atoms with Gasteiger partial charge < -0.3 is 56.8 Å². The molecule has 16 nitrogen and oxygen atoms in total. The van der Waals surface area contributed by atoms with Gasteiger partial charge in [0.1, 0.15) is 0 Å². The van der Waals surface area contributed by atoms with E-state index in [1.54, 1.807) is 0 Å². The van der Waals surface area contributed by atoms with Gasteiger partial charge in [0, 0.05) is 22.3 Å². The van der Waals surface area contributed by atoms with Crippen LogP contribution in [0, 0.1) is 0 Å². The van der Waals surface area contributed by atoms with Crippen LogP contribution in [0.2, 0.25) is 0 Å². The normalized spacial score (nSPS) is 14.0. The molecule has 0 aromatic heterocycles. The molecule has 0 spiro atoms. The molecule has 656 valence electrons. The highest BCUT2D eigenvalue weighted by Gasteiger charge is 2.33. The summed E-state index contributed by atoms with van der Waals surface area (Å²) in [6, 6.07) is 17.0. The van der Waals surface area contributed by atoms with Crippen LogP contribution >= 0.6 is 0 Å². The zero-order chi connectivity index (χ0) is 84.7. The molecular weight excluding hydrogens is 1500 g/mol. The maximum atomic E-state index is 7.01. The Kier molecular flexibility index (Phi) is 43.1. The number of rotatable bonds is 64. The average molecular weight is 1650 g/mol. The number of hydrogen-bond acceptors (Lipinski definition) is 16. The topological polar surface area (TPSA) is 160 Å². The number of unbranched alkanes of at least 4 members (excludes halogenated alkanes) is 24. The molecular formula is C104H148N4O12. The van der Waals surface area contributed by atoms with Gasteiger partial charge in [0.05, 0.1) is 125 Å². The quantitative estimate of drug-likeness (QED) is 0.0386. The summed E-state index contributed by atoms with van der Waals surface area (Å²) in [5, 5.41) is 0. The van der Waals surface area contributed by atoms with Crippen molar-refractivity contribution in [3.05, 3.63) is 142 Å². The standard InChI is InChI=1S/C104H148N4O12/c1-13-25-37-57-109-89-69-77(70-90(110-58-38-26-14-2)101(89)117-65-45-33-21-9)97-81-49-51-83(105-81)98(78-71-91(111-59-39-27-15-3)102(118-66-46-34-22-10)92(72-78)112-60-40-28-16-4)85-53-55-87(107-85)100(80-75-95(115-63-43-31-19-7)104(120-68-48-36-24-12)96(76-80)116-64-44-32-20-8)88-56-54-86(108-88)99(84-52-50-82(97)106-84)79-73-93(113-61-41-29-17-5)103(119-67-47-35-23-11)94(74-79)114-62-42-30-18-6/h49-56,69-76H,13-48,57-68H2,1-12H3. The van der Waals surface area contributed by atoms with Gasteiger partial charge in [-0.15, -0.1) is 0 Å². The lowest BCUT2D eigenvalue weighted by Gasteiger charge is -2.21. The van der Waals surface area contributed by atoms with E-state index >= 15 is 0 Å². The van der Waals surface area contributed by atoms with Gasteiger partial charge in [0.2, 0.25) is 23.0 Å². The summed E-state index contributed by atoms with van der Waals surface area (Å²) in [6.45, 7) is 32.7. The summed E-state index contributed by atoms with van der Waals surface area (Å²) in [4.78, 5) is 23.8. The first-order valence-electron chi connectivity index (χ1n) is 47.4. The largest absolute Gasteiger partial charge is 0.490 e. The van der Waals surface area contributed by atoms with Crippen molar-refractivity contribution >= 4 is 45.1 Å². The molecule has 0 aliphatic carbocycles. The van der Waals surface area contributed by atoms with E-state index in [0.717, 1.165) is 276 Å². The van der Waals surface area contributed by atoms with Crippen molar-refractivity contribution < 1.29 is 56.8 Å². The molecule has 8 bridgehead atoms. The summed E-state index contributed by atoms with van der Waals surface area (Å²) in [5.74, 6) is 7.34. The Labute approximate surface area is 722 Å². The number of fused-ring (bicyclic) bond motifs is 4. The van der Waals surface area contributed by atoms with E-state index in [4.69, 9.17) is 76.8 Å². The number of hydrogen-bond donors (Lipinski definition) is 0. The van der Waals surface area contributed by atoms with Crippen LogP contribution < -0.4 is 56.8 Å². The third-order valence-electron chi connectivity index (χ3n) is 21.9. The van der Waals surface area contributed by atoms with Crippen LogP contribution in [0.1, 0.15) is 336 Å². The number of benzene rings is 4. The summed E-state index contributed by atoms with van der Waals surface area (Å²) < 4.78 is 83.6. The lowest BCUT2D eigenvalue weighted by Crippen LogP contribution is -2.09. The molecule has 4 aromatic rings. The molecule has 5 aliphatic rings. The molecule has 0 amide bonds. The summed E-state index contributed by atoms with van der Waals surface area (Å²) in [7, 11) is 0. The van der Waals surface area contributed by atoms with E-state index < -0.39 is 0 Å². The summed E-state index contributed by atoms with van der Waals surface area (Å²) in [6.07, 6.45) is 52.6. The van der Waals surface area contributed by atoms with Crippen LogP contribution in [0.5, 0.6) is 69.0 Å². The first-order chi connectivity index (χ1) is 59.1. The second kappa shape index (κ2) is 54.5. The molecule has 0 fully saturated rings. The molecule has 4 aromatic carbocycles. The molecule has 0 N–H and O–H groups in total. The van der Waals surface area contributed by atoms with Gasteiger partial charge in [-0.3, -0.25) is 0 Å². The molecule has 0 saturated carbocycles. The third-order valence-corrected chi connectivity index (χ3v) is 21.9. The van der Waals surface area contributed by atoms with Crippen molar-refractivity contribution in [1.82, 2.24) is 0 Å². The lowest BCUT2D eigenvalue weighted by atomic mass is 9.97. The van der Waals surface area contributed by atoms with Gasteiger partial charge in [0.25, 0.3) is 0 Å². The van der Waals surface area contributed by atoms with Gasteiger partial charge in [-0.2, -0.15) is 0 Å². The molecule has 9 rings (SSSR count). The van der Waals surface area contributed by atoms with Gasteiger partial charge in [-0.05, 0) is 196 Å². The van der Waals surface area contributed by atoms with E-state index in [-0.39, 0.29) is 0 Å². The van der Waals surface area contributed by atoms with Gasteiger partial charge >= 0.3 is 0 Å². The van der Waals surface area contributed by atoms with Crippen molar-refractivity contribution in [1.29, 1.82) is 0 Å². The lowest BCUT2D eigenvalue weighted by molar-refractivity contribution is 0.235. The maximum absolute atomic E-state index is 7.01. The fourth-order valence-corrected chi connectivity index (χ4v) is 15.0. The average Bonchev–Trinajstić information content (AvgIpc) is 1.58. The minimum absolute atomic E-state index is 0.499. The fourth-order valence-electron chi connectivity index (χ4n) is 15.0. The van der Waals surface area contributed by atoms with E-state index in [9.17, 15) is 0 Å². The van der Waals surface area contributed by atoms with E-state index in [1.807, 2.05) is 0 Å². The molecule has 5 heterocycles. The van der Waals surface area contributed by atoms with Crippen molar-refractivity contribution in [3.63, 3.8) is 0 Å². The van der Waals surface area contributed by atoms with E-state index in [1.165, 1.54) is 0 Å². The van der Waals surface area contributed by atoms with E-state index in [0.29, 0.717) is 194 Å². The second-order valence-electron chi connectivity index (χ2n) is 32.2. The van der Waals surface area contributed by atoms with Crippen LogP contribution in [0.4, 0.5) is 0 Å². The van der Waals surface area contributed by atoms with E-state index in [2.05, 4.69) is 180 Å². The van der Waals surface area contributed by atoms with Crippen molar-refractivity contribution in [3.8, 4) is 69.0 Å². The Morgan fingerprint density at radius 3 is 0.433 bits per heavy atom. The van der Waals surface area contributed by atoms with Crippen molar-refractivity contribution in [2.24, 2.45) is 20.0 Å². The summed E-state index contributed by atoms with van der Waals surface area (Å²) in [5.41, 5.74) is 11.7.